The number of rotatable bonds is 5. The smallest absolute Gasteiger partial charge is 0.328 e. The highest BCUT2D eigenvalue weighted by Gasteiger charge is 2.21. The fourth-order valence-electron chi connectivity index (χ4n) is 1.84. The van der Waals surface area contributed by atoms with E-state index in [0.29, 0.717) is 9.99 Å². The SMILES string of the molecule is CCOC(=O)[C@H](Cc1cc(C)c(O)c(I)c1)NC(C)=O. The van der Waals surface area contributed by atoms with E-state index >= 15 is 0 Å². The molecule has 6 heteroatoms. The van der Waals surface area contributed by atoms with Gasteiger partial charge in [0.2, 0.25) is 5.91 Å². The van der Waals surface area contributed by atoms with Gasteiger partial charge in [0.05, 0.1) is 10.2 Å². The summed E-state index contributed by atoms with van der Waals surface area (Å²) in [4.78, 5) is 23.0. The molecule has 0 aliphatic rings. The summed E-state index contributed by atoms with van der Waals surface area (Å²) in [5.74, 6) is -0.502. The average Bonchev–Trinajstić information content (AvgIpc) is 2.34. The first-order valence-corrected chi connectivity index (χ1v) is 7.34. The Hall–Kier alpha value is -1.31. The number of aromatic hydroxyl groups is 1. The lowest BCUT2D eigenvalue weighted by Gasteiger charge is -2.17. The van der Waals surface area contributed by atoms with Crippen molar-refractivity contribution in [1.82, 2.24) is 5.32 Å². The standard InChI is InChI=1S/C14H18INO4/c1-4-20-14(19)12(16-9(3)17)7-10-5-8(2)13(18)11(15)6-10/h5-6,12,18H,4,7H2,1-3H3,(H,16,17)/t12-/m0/s1. The molecule has 0 bridgehead atoms. The number of esters is 1. The molecule has 0 aromatic heterocycles. The Labute approximate surface area is 131 Å². The summed E-state index contributed by atoms with van der Waals surface area (Å²) in [6, 6.07) is 2.87. The number of halogens is 1. The molecule has 0 spiro atoms. The second kappa shape index (κ2) is 7.47. The first-order chi connectivity index (χ1) is 9.35. The van der Waals surface area contributed by atoms with E-state index in [1.807, 2.05) is 22.6 Å². The average molecular weight is 391 g/mol. The number of benzene rings is 1. The Morgan fingerprint density at radius 3 is 2.60 bits per heavy atom. The topological polar surface area (TPSA) is 75.6 Å². The van der Waals surface area contributed by atoms with Gasteiger partial charge >= 0.3 is 5.97 Å². The van der Waals surface area contributed by atoms with Gasteiger partial charge in [0.15, 0.2) is 0 Å². The van der Waals surface area contributed by atoms with E-state index in [2.05, 4.69) is 5.32 Å². The van der Waals surface area contributed by atoms with Gasteiger partial charge in [-0.3, -0.25) is 4.79 Å². The summed E-state index contributed by atoms with van der Waals surface area (Å²) in [6.45, 7) is 5.13. The lowest BCUT2D eigenvalue weighted by molar-refractivity contribution is -0.147. The summed E-state index contributed by atoms with van der Waals surface area (Å²) >= 11 is 2.03. The van der Waals surface area contributed by atoms with Crippen molar-refractivity contribution in [1.29, 1.82) is 0 Å². The third kappa shape index (κ3) is 4.66. The Balaban J connectivity index is 2.94. The van der Waals surface area contributed by atoms with Crippen LogP contribution in [0, 0.1) is 10.5 Å². The molecule has 5 nitrogen and oxygen atoms in total. The van der Waals surface area contributed by atoms with Crippen LogP contribution in [-0.4, -0.2) is 29.6 Å². The van der Waals surface area contributed by atoms with Crippen molar-refractivity contribution < 1.29 is 19.4 Å². The Kier molecular flexibility index (Phi) is 6.25. The summed E-state index contributed by atoms with van der Waals surface area (Å²) in [6.07, 6.45) is 0.329. The summed E-state index contributed by atoms with van der Waals surface area (Å²) in [5.41, 5.74) is 1.59. The van der Waals surface area contributed by atoms with Gasteiger partial charge in [0.25, 0.3) is 0 Å². The molecule has 0 heterocycles. The highest BCUT2D eigenvalue weighted by atomic mass is 127. The van der Waals surface area contributed by atoms with Gasteiger partial charge in [-0.2, -0.15) is 0 Å². The minimum Gasteiger partial charge on any atom is -0.507 e. The highest BCUT2D eigenvalue weighted by Crippen LogP contribution is 2.25. The maximum absolute atomic E-state index is 11.8. The fraction of sp³-hybridized carbons (Fsp3) is 0.429. The summed E-state index contributed by atoms with van der Waals surface area (Å²) in [7, 11) is 0. The normalized spacial score (nSPS) is 11.8. The number of hydrogen-bond donors (Lipinski definition) is 2. The number of aryl methyl sites for hydroxylation is 1. The molecular weight excluding hydrogens is 373 g/mol. The molecule has 0 saturated heterocycles. The molecule has 110 valence electrons. The van der Waals surface area contributed by atoms with E-state index in [9.17, 15) is 14.7 Å². The van der Waals surface area contributed by atoms with Crippen molar-refractivity contribution in [3.8, 4) is 5.75 Å². The van der Waals surface area contributed by atoms with Crippen molar-refractivity contribution >= 4 is 34.5 Å². The zero-order valence-corrected chi connectivity index (χ0v) is 13.9. The maximum Gasteiger partial charge on any atom is 0.328 e. The number of hydrogen-bond acceptors (Lipinski definition) is 4. The molecule has 0 unspecified atom stereocenters. The van der Waals surface area contributed by atoms with E-state index in [1.165, 1.54) is 6.92 Å². The quantitative estimate of drug-likeness (QED) is 0.594. The van der Waals surface area contributed by atoms with Crippen LogP contribution >= 0.6 is 22.6 Å². The first-order valence-electron chi connectivity index (χ1n) is 6.26. The van der Waals surface area contributed by atoms with E-state index in [-0.39, 0.29) is 18.3 Å². The molecule has 0 aliphatic carbocycles. The molecule has 1 atom stereocenters. The van der Waals surface area contributed by atoms with Gasteiger partial charge in [-0.05, 0) is 53.6 Å². The van der Waals surface area contributed by atoms with E-state index in [0.717, 1.165) is 11.1 Å². The Morgan fingerprint density at radius 1 is 1.45 bits per heavy atom. The second-order valence-corrected chi connectivity index (χ2v) is 5.61. The van der Waals surface area contributed by atoms with Crippen LogP contribution in [0.2, 0.25) is 0 Å². The molecule has 1 aromatic carbocycles. The highest BCUT2D eigenvalue weighted by molar-refractivity contribution is 14.1. The molecule has 2 N–H and O–H groups in total. The molecule has 0 aliphatic heterocycles. The van der Waals surface area contributed by atoms with Crippen LogP contribution in [0.3, 0.4) is 0 Å². The number of nitrogens with one attached hydrogen (secondary N) is 1. The predicted octanol–water partition coefficient (Wildman–Crippen LogP) is 1.92. The maximum atomic E-state index is 11.8. The van der Waals surface area contributed by atoms with Gasteiger partial charge < -0.3 is 15.2 Å². The Morgan fingerprint density at radius 2 is 2.10 bits per heavy atom. The molecule has 0 saturated carbocycles. The third-order valence-corrected chi connectivity index (χ3v) is 3.52. The number of carbonyl (C=O) groups excluding carboxylic acids is 2. The van der Waals surface area contributed by atoms with Gasteiger partial charge in [0, 0.05) is 13.3 Å². The number of ether oxygens (including phenoxy) is 1. The molecule has 1 rings (SSSR count). The van der Waals surface area contributed by atoms with Crippen molar-refractivity contribution in [2.45, 2.75) is 33.2 Å². The zero-order chi connectivity index (χ0) is 15.3. The number of phenolic OH excluding ortho intramolecular Hbond substituents is 1. The van der Waals surface area contributed by atoms with Crippen molar-refractivity contribution in [2.75, 3.05) is 6.61 Å². The lowest BCUT2D eigenvalue weighted by atomic mass is 10.0. The minimum atomic E-state index is -0.716. The van der Waals surface area contributed by atoms with Crippen LogP contribution in [0.5, 0.6) is 5.75 Å². The molecule has 1 amide bonds. The zero-order valence-electron chi connectivity index (χ0n) is 11.7. The van der Waals surface area contributed by atoms with Crippen molar-refractivity contribution in [3.63, 3.8) is 0 Å². The molecule has 0 radical (unpaired) electrons. The lowest BCUT2D eigenvalue weighted by Crippen LogP contribution is -2.42. The van der Waals surface area contributed by atoms with E-state index < -0.39 is 12.0 Å². The van der Waals surface area contributed by atoms with Crippen LogP contribution in [0.4, 0.5) is 0 Å². The second-order valence-electron chi connectivity index (χ2n) is 4.45. The molecule has 0 fully saturated rings. The van der Waals surface area contributed by atoms with Crippen LogP contribution in [-0.2, 0) is 20.7 Å². The van der Waals surface area contributed by atoms with E-state index in [1.54, 1.807) is 26.0 Å². The summed E-state index contributed by atoms with van der Waals surface area (Å²) < 4.78 is 5.67. The van der Waals surface area contributed by atoms with Gasteiger partial charge in [-0.1, -0.05) is 6.07 Å². The third-order valence-electron chi connectivity index (χ3n) is 2.70. The largest absolute Gasteiger partial charge is 0.507 e. The van der Waals surface area contributed by atoms with Gasteiger partial charge in [0.1, 0.15) is 11.8 Å². The minimum absolute atomic E-state index is 0.238. The first kappa shape index (κ1) is 16.7. The molecule has 20 heavy (non-hydrogen) atoms. The summed E-state index contributed by atoms with van der Waals surface area (Å²) in [5, 5.41) is 12.3. The van der Waals surface area contributed by atoms with Gasteiger partial charge in [-0.15, -0.1) is 0 Å². The van der Waals surface area contributed by atoms with Crippen LogP contribution in [0.25, 0.3) is 0 Å². The molecular formula is C14H18INO4. The molecule has 1 aromatic rings. The van der Waals surface area contributed by atoms with Crippen LogP contribution < -0.4 is 5.32 Å². The Bertz CT molecular complexity index is 493. The number of amides is 1. The van der Waals surface area contributed by atoms with Crippen molar-refractivity contribution in [3.05, 3.63) is 26.8 Å². The number of phenols is 1. The van der Waals surface area contributed by atoms with Crippen LogP contribution in [0.15, 0.2) is 12.1 Å². The monoisotopic (exact) mass is 391 g/mol. The fourth-order valence-corrected chi connectivity index (χ4v) is 2.67. The van der Waals surface area contributed by atoms with Gasteiger partial charge in [-0.25, -0.2) is 4.79 Å². The van der Waals surface area contributed by atoms with Crippen LogP contribution in [0.1, 0.15) is 25.0 Å². The number of carbonyl (C=O) groups is 2. The van der Waals surface area contributed by atoms with Crippen molar-refractivity contribution in [2.24, 2.45) is 0 Å². The predicted molar refractivity (Wildman–Crippen MR) is 83.5 cm³/mol. The van der Waals surface area contributed by atoms with E-state index in [4.69, 9.17) is 4.74 Å².